The third kappa shape index (κ3) is 3.42. The van der Waals surface area contributed by atoms with Gasteiger partial charge in [-0.2, -0.15) is 0 Å². The second kappa shape index (κ2) is 7.39. The van der Waals surface area contributed by atoms with Crippen LogP contribution in [0.25, 0.3) is 21.5 Å². The molecule has 1 aliphatic rings. The van der Waals surface area contributed by atoms with Crippen molar-refractivity contribution in [3.05, 3.63) is 53.7 Å². The molecule has 0 radical (unpaired) electrons. The van der Waals surface area contributed by atoms with Gasteiger partial charge in [-0.1, -0.05) is 22.6 Å². The van der Waals surface area contributed by atoms with Crippen molar-refractivity contribution < 1.29 is 18.8 Å². The molecule has 1 saturated carbocycles. The number of aryl methyl sites for hydroxylation is 1. The van der Waals surface area contributed by atoms with Crippen LogP contribution >= 0.6 is 11.3 Å². The first-order valence-corrected chi connectivity index (χ1v) is 10.7. The van der Waals surface area contributed by atoms with Crippen molar-refractivity contribution in [2.45, 2.75) is 25.2 Å². The minimum atomic E-state index is -0.675. The summed E-state index contributed by atoms with van der Waals surface area (Å²) in [5.41, 5.74) is 2.80. The van der Waals surface area contributed by atoms with Gasteiger partial charge in [-0.05, 0) is 55.7 Å². The molecule has 8 heteroatoms. The number of nitrogens with zero attached hydrogens (tertiary/aromatic N) is 2. The first-order chi connectivity index (χ1) is 15.0. The van der Waals surface area contributed by atoms with Gasteiger partial charge in [-0.3, -0.25) is 4.79 Å². The van der Waals surface area contributed by atoms with Gasteiger partial charge in [0.05, 0.1) is 35.5 Å². The van der Waals surface area contributed by atoms with Crippen molar-refractivity contribution in [2.75, 3.05) is 19.5 Å². The van der Waals surface area contributed by atoms with Gasteiger partial charge in [0.25, 0.3) is 0 Å². The number of aromatic nitrogens is 2. The quantitative estimate of drug-likeness (QED) is 0.461. The number of carbonyl (C=O) groups excluding carboxylic acids is 1. The highest BCUT2D eigenvalue weighted by Crippen LogP contribution is 2.49. The Morgan fingerprint density at radius 1 is 1.10 bits per heavy atom. The predicted octanol–water partition coefficient (Wildman–Crippen LogP) is 4.95. The predicted molar refractivity (Wildman–Crippen MR) is 119 cm³/mol. The van der Waals surface area contributed by atoms with E-state index < -0.39 is 5.41 Å². The number of anilines is 1. The van der Waals surface area contributed by atoms with Crippen LogP contribution in [0.2, 0.25) is 0 Å². The number of carbonyl (C=O) groups is 1. The molecule has 2 heterocycles. The Labute approximate surface area is 183 Å². The van der Waals surface area contributed by atoms with E-state index in [4.69, 9.17) is 14.0 Å². The van der Waals surface area contributed by atoms with Gasteiger partial charge >= 0.3 is 0 Å². The summed E-state index contributed by atoms with van der Waals surface area (Å²) in [4.78, 5) is 17.6. The summed E-state index contributed by atoms with van der Waals surface area (Å²) in [5.74, 6) is 1.71. The number of hydrogen-bond acceptors (Lipinski definition) is 7. The Morgan fingerprint density at radius 2 is 1.90 bits per heavy atom. The zero-order valence-corrected chi connectivity index (χ0v) is 18.2. The maximum absolute atomic E-state index is 13.1. The highest BCUT2D eigenvalue weighted by atomic mass is 32.1. The van der Waals surface area contributed by atoms with Gasteiger partial charge in [0.15, 0.2) is 22.4 Å². The molecule has 1 aliphatic carbocycles. The van der Waals surface area contributed by atoms with Gasteiger partial charge < -0.3 is 19.3 Å². The standard InChI is InChI=1S/C23H21N3O4S/c1-13-4-6-15-19(10-13)31-22(24-15)25-21(27)23(8-9-23)20-12-17(30-26-20)14-5-7-16(28-2)18(11-14)29-3/h4-7,10-12H,8-9H2,1-3H3,(H,24,25,27). The summed E-state index contributed by atoms with van der Waals surface area (Å²) >= 11 is 1.48. The second-order valence-corrected chi connectivity index (χ2v) is 8.70. The van der Waals surface area contributed by atoms with E-state index in [-0.39, 0.29) is 5.91 Å². The van der Waals surface area contributed by atoms with Gasteiger partial charge in [0, 0.05) is 11.6 Å². The first-order valence-electron chi connectivity index (χ1n) is 9.91. The molecule has 5 rings (SSSR count). The molecule has 1 fully saturated rings. The molecule has 0 atom stereocenters. The second-order valence-electron chi connectivity index (χ2n) is 7.67. The van der Waals surface area contributed by atoms with Crippen LogP contribution in [0.3, 0.4) is 0 Å². The van der Waals surface area contributed by atoms with E-state index in [1.54, 1.807) is 14.2 Å². The molecule has 0 unspecified atom stereocenters. The number of fused-ring (bicyclic) bond motifs is 1. The van der Waals surface area contributed by atoms with Crippen molar-refractivity contribution in [3.63, 3.8) is 0 Å². The minimum absolute atomic E-state index is 0.101. The summed E-state index contributed by atoms with van der Waals surface area (Å²) in [6, 6.07) is 13.4. The molecule has 0 aliphatic heterocycles. The fraction of sp³-hybridized carbons (Fsp3) is 0.261. The van der Waals surface area contributed by atoms with Gasteiger partial charge in [0.1, 0.15) is 0 Å². The normalized spacial score (nSPS) is 14.4. The molecule has 2 aromatic carbocycles. The van der Waals surface area contributed by atoms with E-state index in [9.17, 15) is 4.79 Å². The summed E-state index contributed by atoms with van der Waals surface area (Å²) in [7, 11) is 3.17. The molecule has 158 valence electrons. The highest BCUT2D eigenvalue weighted by molar-refractivity contribution is 7.22. The van der Waals surface area contributed by atoms with Crippen LogP contribution in [0, 0.1) is 6.92 Å². The van der Waals surface area contributed by atoms with Crippen LogP contribution in [-0.4, -0.2) is 30.3 Å². The van der Waals surface area contributed by atoms with Crippen molar-refractivity contribution in [1.29, 1.82) is 0 Å². The van der Waals surface area contributed by atoms with Gasteiger partial charge in [-0.25, -0.2) is 4.98 Å². The van der Waals surface area contributed by atoms with Crippen molar-refractivity contribution in [1.82, 2.24) is 10.1 Å². The number of ether oxygens (including phenoxy) is 2. The fourth-order valence-corrected chi connectivity index (χ4v) is 4.61. The number of benzene rings is 2. The molecule has 0 spiro atoms. The lowest BCUT2D eigenvalue weighted by Gasteiger charge is -2.10. The number of thiazole rings is 1. The Balaban J connectivity index is 1.39. The molecule has 4 aromatic rings. The Morgan fingerprint density at radius 3 is 2.65 bits per heavy atom. The Kier molecular flexibility index (Phi) is 4.66. The van der Waals surface area contributed by atoms with E-state index in [1.807, 2.05) is 43.3 Å². The summed E-state index contributed by atoms with van der Waals surface area (Å²) in [5, 5.41) is 7.80. The minimum Gasteiger partial charge on any atom is -0.493 e. The molecule has 1 amide bonds. The fourth-order valence-electron chi connectivity index (χ4n) is 3.65. The van der Waals surface area contributed by atoms with Crippen molar-refractivity contribution >= 4 is 32.6 Å². The van der Waals surface area contributed by atoms with Crippen molar-refractivity contribution in [2.24, 2.45) is 0 Å². The van der Waals surface area contributed by atoms with Crippen LogP contribution < -0.4 is 14.8 Å². The molecule has 1 N–H and O–H groups in total. The SMILES string of the molecule is COc1ccc(-c2cc(C3(C(=O)Nc4nc5ccc(C)cc5s4)CC3)no2)cc1OC. The van der Waals surface area contributed by atoms with Gasteiger partial charge in [0.2, 0.25) is 5.91 Å². The lowest BCUT2D eigenvalue weighted by molar-refractivity contribution is -0.118. The average molecular weight is 436 g/mol. The maximum atomic E-state index is 13.1. The van der Waals surface area contributed by atoms with Crippen LogP contribution in [0.5, 0.6) is 11.5 Å². The van der Waals surface area contributed by atoms with Gasteiger partial charge in [-0.15, -0.1) is 0 Å². The van der Waals surface area contributed by atoms with Crippen LogP contribution in [-0.2, 0) is 10.2 Å². The molecular formula is C23H21N3O4S. The highest BCUT2D eigenvalue weighted by Gasteiger charge is 2.54. The molecule has 7 nitrogen and oxygen atoms in total. The summed E-state index contributed by atoms with van der Waals surface area (Å²) in [6.07, 6.45) is 1.45. The molecular weight excluding hydrogens is 414 g/mol. The third-order valence-corrected chi connectivity index (χ3v) is 6.55. The first kappa shape index (κ1) is 19.6. The number of methoxy groups -OCH3 is 2. The molecule has 31 heavy (non-hydrogen) atoms. The van der Waals surface area contributed by atoms with E-state index in [1.165, 1.54) is 11.3 Å². The smallest absolute Gasteiger partial charge is 0.238 e. The number of hydrogen-bond donors (Lipinski definition) is 1. The van der Waals surface area contributed by atoms with E-state index in [2.05, 4.69) is 21.5 Å². The van der Waals surface area contributed by atoms with Crippen molar-refractivity contribution in [3.8, 4) is 22.8 Å². The summed E-state index contributed by atoms with van der Waals surface area (Å²) < 4.78 is 17.3. The summed E-state index contributed by atoms with van der Waals surface area (Å²) in [6.45, 7) is 2.04. The molecule has 0 bridgehead atoms. The lowest BCUT2D eigenvalue weighted by atomic mass is 10.0. The maximum Gasteiger partial charge on any atom is 0.238 e. The lowest BCUT2D eigenvalue weighted by Crippen LogP contribution is -2.28. The Bertz CT molecular complexity index is 1290. The average Bonchev–Trinajstić information content (AvgIpc) is 3.26. The molecule has 2 aromatic heterocycles. The number of amides is 1. The van der Waals surface area contributed by atoms with Crippen LogP contribution in [0.1, 0.15) is 24.1 Å². The zero-order valence-electron chi connectivity index (χ0n) is 17.4. The largest absolute Gasteiger partial charge is 0.493 e. The monoisotopic (exact) mass is 435 g/mol. The van der Waals surface area contributed by atoms with E-state index in [0.29, 0.717) is 28.1 Å². The zero-order chi connectivity index (χ0) is 21.6. The van der Waals surface area contributed by atoms with Crippen LogP contribution in [0.4, 0.5) is 5.13 Å². The molecule has 0 saturated heterocycles. The Hall–Kier alpha value is -3.39. The number of nitrogens with one attached hydrogen (secondary N) is 1. The third-order valence-electron chi connectivity index (χ3n) is 5.62. The van der Waals surface area contributed by atoms with E-state index >= 15 is 0 Å². The van der Waals surface area contributed by atoms with E-state index in [0.717, 1.165) is 34.2 Å². The van der Waals surface area contributed by atoms with Crippen LogP contribution in [0.15, 0.2) is 47.0 Å². The number of rotatable bonds is 6. The topological polar surface area (TPSA) is 86.5 Å².